The van der Waals surface area contributed by atoms with Gasteiger partial charge in [0.05, 0.1) is 13.2 Å². The zero-order valence-corrected chi connectivity index (χ0v) is 13.7. The molecule has 0 aromatic carbocycles. The molecule has 2 aliphatic heterocycles. The molecule has 0 radical (unpaired) electrons. The fourth-order valence-electron chi connectivity index (χ4n) is 3.89. The molecule has 0 bridgehead atoms. The van der Waals surface area contributed by atoms with Gasteiger partial charge in [-0.3, -0.25) is 0 Å². The molecule has 1 aromatic rings. The Hall–Kier alpha value is -1.40. The van der Waals surface area contributed by atoms with Crippen LogP contribution in [-0.4, -0.2) is 48.1 Å². The van der Waals surface area contributed by atoms with Gasteiger partial charge in [0.2, 0.25) is 5.95 Å². The van der Waals surface area contributed by atoms with Crippen LogP contribution in [0.2, 0.25) is 0 Å². The molecule has 1 aromatic heterocycles. The Morgan fingerprint density at radius 3 is 2.57 bits per heavy atom. The third kappa shape index (κ3) is 3.43. The lowest BCUT2D eigenvalue weighted by atomic mass is 9.96. The van der Waals surface area contributed by atoms with E-state index in [1.54, 1.807) is 0 Å². The fourth-order valence-corrected chi connectivity index (χ4v) is 3.89. The van der Waals surface area contributed by atoms with Gasteiger partial charge in [0.15, 0.2) is 5.79 Å². The van der Waals surface area contributed by atoms with E-state index in [0.717, 1.165) is 50.9 Å². The average Bonchev–Trinajstić information content (AvgIpc) is 3.05. The summed E-state index contributed by atoms with van der Waals surface area (Å²) in [5.41, 5.74) is 0. The van der Waals surface area contributed by atoms with Gasteiger partial charge in [0, 0.05) is 38.2 Å². The summed E-state index contributed by atoms with van der Waals surface area (Å²) in [5.74, 6) is 1.45. The summed E-state index contributed by atoms with van der Waals surface area (Å²) >= 11 is 0. The molecule has 3 fully saturated rings. The van der Waals surface area contributed by atoms with Crippen molar-refractivity contribution in [1.82, 2.24) is 9.97 Å². The van der Waals surface area contributed by atoms with E-state index in [1.165, 1.54) is 32.1 Å². The van der Waals surface area contributed by atoms with Gasteiger partial charge in [-0.05, 0) is 18.9 Å². The molecular weight excluding hydrogens is 292 g/mol. The molecule has 6 nitrogen and oxygen atoms in total. The standard InChI is InChI=1S/C17H26N4O2/c1-2-4-14(5-3-1)19-16-18-9-6-15(20-16)21-10-7-17(8-11-21)22-12-13-23-17/h6,9,14H,1-5,7-8,10-13H2,(H,18,19,20). The lowest BCUT2D eigenvalue weighted by Crippen LogP contribution is -2.45. The minimum atomic E-state index is -0.327. The van der Waals surface area contributed by atoms with Crippen molar-refractivity contribution in [2.45, 2.75) is 56.8 Å². The van der Waals surface area contributed by atoms with Crippen molar-refractivity contribution >= 4 is 11.8 Å². The van der Waals surface area contributed by atoms with Crippen LogP contribution in [0.5, 0.6) is 0 Å². The van der Waals surface area contributed by atoms with Gasteiger partial charge in [-0.1, -0.05) is 19.3 Å². The van der Waals surface area contributed by atoms with Crippen molar-refractivity contribution < 1.29 is 9.47 Å². The van der Waals surface area contributed by atoms with Crippen molar-refractivity contribution in [2.24, 2.45) is 0 Å². The van der Waals surface area contributed by atoms with E-state index in [0.29, 0.717) is 6.04 Å². The number of hydrogen-bond acceptors (Lipinski definition) is 6. The Labute approximate surface area is 137 Å². The fraction of sp³-hybridized carbons (Fsp3) is 0.765. The molecule has 0 amide bonds. The first kappa shape index (κ1) is 15.1. The summed E-state index contributed by atoms with van der Waals surface area (Å²) in [7, 11) is 0. The van der Waals surface area contributed by atoms with Gasteiger partial charge in [-0.25, -0.2) is 4.98 Å². The van der Waals surface area contributed by atoms with E-state index in [2.05, 4.69) is 15.2 Å². The highest BCUT2D eigenvalue weighted by Crippen LogP contribution is 2.32. The molecule has 6 heteroatoms. The number of ether oxygens (including phenoxy) is 2. The van der Waals surface area contributed by atoms with Gasteiger partial charge < -0.3 is 19.7 Å². The molecule has 1 N–H and O–H groups in total. The van der Waals surface area contributed by atoms with Crippen LogP contribution in [0.4, 0.5) is 11.8 Å². The topological polar surface area (TPSA) is 59.5 Å². The van der Waals surface area contributed by atoms with Crippen molar-refractivity contribution in [1.29, 1.82) is 0 Å². The Morgan fingerprint density at radius 1 is 1.09 bits per heavy atom. The molecular formula is C17H26N4O2. The molecule has 4 rings (SSSR count). The van der Waals surface area contributed by atoms with Crippen LogP contribution < -0.4 is 10.2 Å². The van der Waals surface area contributed by atoms with Crippen molar-refractivity contribution in [2.75, 3.05) is 36.5 Å². The number of nitrogens with zero attached hydrogens (tertiary/aromatic N) is 3. The van der Waals surface area contributed by atoms with Gasteiger partial charge in [0.1, 0.15) is 5.82 Å². The first-order chi connectivity index (χ1) is 11.3. The summed E-state index contributed by atoms with van der Waals surface area (Å²) in [6, 6.07) is 2.53. The number of nitrogens with one attached hydrogen (secondary N) is 1. The van der Waals surface area contributed by atoms with Crippen LogP contribution in [0.25, 0.3) is 0 Å². The summed E-state index contributed by atoms with van der Waals surface area (Å²) in [6.45, 7) is 3.28. The second-order valence-electron chi connectivity index (χ2n) is 6.81. The van der Waals surface area contributed by atoms with Crippen LogP contribution in [0.3, 0.4) is 0 Å². The average molecular weight is 318 g/mol. The SMILES string of the molecule is c1cc(N2CCC3(CC2)OCCO3)nc(NC2CCCCC2)n1. The quantitative estimate of drug-likeness (QED) is 0.924. The van der Waals surface area contributed by atoms with Gasteiger partial charge >= 0.3 is 0 Å². The van der Waals surface area contributed by atoms with Crippen LogP contribution in [0.15, 0.2) is 12.3 Å². The van der Waals surface area contributed by atoms with E-state index in [4.69, 9.17) is 14.5 Å². The lowest BCUT2D eigenvalue weighted by molar-refractivity contribution is -0.169. The Morgan fingerprint density at radius 2 is 1.83 bits per heavy atom. The summed E-state index contributed by atoms with van der Waals surface area (Å²) < 4.78 is 11.6. The van der Waals surface area contributed by atoms with Gasteiger partial charge in [0.25, 0.3) is 0 Å². The first-order valence-corrected chi connectivity index (χ1v) is 8.95. The lowest BCUT2D eigenvalue weighted by Gasteiger charge is -2.38. The summed E-state index contributed by atoms with van der Waals surface area (Å²) in [4.78, 5) is 11.4. The molecule has 2 saturated heterocycles. The molecule has 1 saturated carbocycles. The number of rotatable bonds is 3. The predicted octanol–water partition coefficient (Wildman–Crippen LogP) is 2.56. The number of anilines is 2. The highest BCUT2D eigenvalue weighted by Gasteiger charge is 2.40. The van der Waals surface area contributed by atoms with Crippen LogP contribution in [0.1, 0.15) is 44.9 Å². The largest absolute Gasteiger partial charge is 0.356 e. The van der Waals surface area contributed by atoms with Crippen LogP contribution in [-0.2, 0) is 9.47 Å². The van der Waals surface area contributed by atoms with E-state index < -0.39 is 0 Å². The Bertz CT molecular complexity index is 517. The Kier molecular flexibility index (Phi) is 4.35. The maximum Gasteiger partial charge on any atom is 0.224 e. The molecule has 0 unspecified atom stereocenters. The molecule has 3 heterocycles. The molecule has 3 aliphatic rings. The van der Waals surface area contributed by atoms with Crippen LogP contribution in [0, 0.1) is 0 Å². The normalized spacial score (nSPS) is 25.0. The van der Waals surface area contributed by atoms with Crippen LogP contribution >= 0.6 is 0 Å². The maximum atomic E-state index is 5.80. The molecule has 126 valence electrons. The smallest absolute Gasteiger partial charge is 0.224 e. The minimum Gasteiger partial charge on any atom is -0.356 e. The predicted molar refractivity (Wildman–Crippen MR) is 88.6 cm³/mol. The highest BCUT2D eigenvalue weighted by molar-refractivity contribution is 5.43. The molecule has 1 aliphatic carbocycles. The van der Waals surface area contributed by atoms with Gasteiger partial charge in [-0.15, -0.1) is 0 Å². The summed E-state index contributed by atoms with van der Waals surface area (Å²) in [6.07, 6.45) is 10.1. The van der Waals surface area contributed by atoms with E-state index in [9.17, 15) is 0 Å². The zero-order chi connectivity index (χ0) is 15.5. The number of hydrogen-bond donors (Lipinski definition) is 1. The second-order valence-corrected chi connectivity index (χ2v) is 6.81. The van der Waals surface area contributed by atoms with Crippen molar-refractivity contribution in [3.8, 4) is 0 Å². The molecule has 23 heavy (non-hydrogen) atoms. The third-order valence-corrected chi connectivity index (χ3v) is 5.24. The minimum absolute atomic E-state index is 0.327. The maximum absolute atomic E-state index is 5.80. The number of aromatic nitrogens is 2. The Balaban J connectivity index is 1.38. The van der Waals surface area contributed by atoms with Crippen molar-refractivity contribution in [3.05, 3.63) is 12.3 Å². The highest BCUT2D eigenvalue weighted by atomic mass is 16.7. The number of piperidine rings is 1. The monoisotopic (exact) mass is 318 g/mol. The second kappa shape index (κ2) is 6.61. The molecule has 0 atom stereocenters. The first-order valence-electron chi connectivity index (χ1n) is 8.95. The zero-order valence-electron chi connectivity index (χ0n) is 13.7. The summed E-state index contributed by atoms with van der Waals surface area (Å²) in [5, 5.41) is 3.51. The third-order valence-electron chi connectivity index (χ3n) is 5.24. The van der Waals surface area contributed by atoms with E-state index >= 15 is 0 Å². The van der Waals surface area contributed by atoms with E-state index in [-0.39, 0.29) is 5.79 Å². The van der Waals surface area contributed by atoms with Crippen molar-refractivity contribution in [3.63, 3.8) is 0 Å². The van der Waals surface area contributed by atoms with Gasteiger partial charge in [-0.2, -0.15) is 4.98 Å². The molecule has 1 spiro atoms. The van der Waals surface area contributed by atoms with E-state index in [1.807, 2.05) is 12.3 Å².